The van der Waals surface area contributed by atoms with Gasteiger partial charge in [0, 0.05) is 36.0 Å². The molecule has 0 saturated carbocycles. The van der Waals surface area contributed by atoms with Crippen LogP contribution < -0.4 is 10.0 Å². The summed E-state index contributed by atoms with van der Waals surface area (Å²) in [6.45, 7) is 0.428. The first-order chi connectivity index (χ1) is 18.4. The molecule has 3 aromatic carbocycles. The van der Waals surface area contributed by atoms with Crippen molar-refractivity contribution in [1.82, 2.24) is 19.7 Å². The number of imidazole rings is 1. The van der Waals surface area contributed by atoms with Crippen molar-refractivity contribution in [3.8, 4) is 45.4 Å². The number of sulfonamides is 1. The standard InChI is InChI=1S/C28H25N5O4S/c34-22-9-11-24(12-10-22)38(36,37)31-16-15-30-25-18-21(13-14-29-25)27-26(20-7-4-8-23(35)17-20)32-28(33-27)19-5-2-1-3-6-19/h1-14,17-18,31,34-35H,15-16H2,(H,29,30)(H,32,33). The third-order valence-electron chi connectivity index (χ3n) is 5.79. The zero-order chi connectivity index (χ0) is 26.5. The Morgan fingerprint density at radius 1 is 0.763 bits per heavy atom. The number of H-pyrrole nitrogens is 1. The first-order valence-electron chi connectivity index (χ1n) is 11.8. The van der Waals surface area contributed by atoms with Crippen molar-refractivity contribution in [3.05, 3.63) is 97.2 Å². The Bertz CT molecular complexity index is 1650. The van der Waals surface area contributed by atoms with Gasteiger partial charge in [0.2, 0.25) is 10.0 Å². The van der Waals surface area contributed by atoms with E-state index in [4.69, 9.17) is 4.98 Å². The van der Waals surface area contributed by atoms with Crippen molar-refractivity contribution in [3.63, 3.8) is 0 Å². The Morgan fingerprint density at radius 2 is 1.53 bits per heavy atom. The van der Waals surface area contributed by atoms with Crippen LogP contribution in [0.1, 0.15) is 0 Å². The van der Waals surface area contributed by atoms with Crippen molar-refractivity contribution in [2.24, 2.45) is 0 Å². The number of aromatic amines is 1. The number of nitrogens with zero attached hydrogens (tertiary/aromatic N) is 2. The summed E-state index contributed by atoms with van der Waals surface area (Å²) in [5.41, 5.74) is 3.94. The van der Waals surface area contributed by atoms with Gasteiger partial charge in [0.05, 0.1) is 16.3 Å². The van der Waals surface area contributed by atoms with E-state index >= 15 is 0 Å². The van der Waals surface area contributed by atoms with E-state index in [-0.39, 0.29) is 22.9 Å². The number of aromatic hydroxyl groups is 2. The lowest BCUT2D eigenvalue weighted by atomic mass is 10.1. The Morgan fingerprint density at radius 3 is 2.29 bits per heavy atom. The second kappa shape index (κ2) is 10.8. The number of hydrogen-bond donors (Lipinski definition) is 5. The molecule has 5 rings (SSSR count). The molecule has 5 N–H and O–H groups in total. The molecular formula is C28H25N5O4S. The van der Waals surface area contributed by atoms with E-state index in [0.717, 1.165) is 22.4 Å². The van der Waals surface area contributed by atoms with Gasteiger partial charge >= 0.3 is 0 Å². The van der Waals surface area contributed by atoms with Gasteiger partial charge in [-0.1, -0.05) is 42.5 Å². The number of anilines is 1. The average Bonchev–Trinajstić information content (AvgIpc) is 3.38. The van der Waals surface area contributed by atoms with Gasteiger partial charge in [-0.05, 0) is 48.5 Å². The number of phenolic OH excluding ortho intramolecular Hbond substituents is 2. The minimum Gasteiger partial charge on any atom is -0.508 e. The van der Waals surface area contributed by atoms with Crippen LogP contribution in [0.15, 0.2) is 102 Å². The smallest absolute Gasteiger partial charge is 0.240 e. The number of benzene rings is 3. The molecule has 0 bridgehead atoms. The van der Waals surface area contributed by atoms with E-state index in [2.05, 4.69) is 20.0 Å². The first kappa shape index (κ1) is 25.0. The number of phenols is 2. The molecule has 10 heteroatoms. The molecule has 2 aromatic heterocycles. The Kier molecular flexibility index (Phi) is 7.07. The van der Waals surface area contributed by atoms with Gasteiger partial charge in [0.15, 0.2) is 0 Å². The predicted octanol–water partition coefficient (Wildman–Crippen LogP) is 4.61. The van der Waals surface area contributed by atoms with Crippen LogP contribution in [-0.2, 0) is 10.0 Å². The monoisotopic (exact) mass is 527 g/mol. The highest BCUT2D eigenvalue weighted by Crippen LogP contribution is 2.34. The second-order valence-electron chi connectivity index (χ2n) is 8.47. The molecule has 0 saturated heterocycles. The largest absolute Gasteiger partial charge is 0.508 e. The molecule has 9 nitrogen and oxygen atoms in total. The predicted molar refractivity (Wildman–Crippen MR) is 146 cm³/mol. The highest BCUT2D eigenvalue weighted by atomic mass is 32.2. The fourth-order valence-electron chi connectivity index (χ4n) is 3.94. The van der Waals surface area contributed by atoms with Crippen LogP contribution in [0, 0.1) is 0 Å². The Balaban J connectivity index is 1.36. The summed E-state index contributed by atoms with van der Waals surface area (Å²) in [5, 5.41) is 22.6. The Labute approximate surface area is 219 Å². The average molecular weight is 528 g/mol. The topological polar surface area (TPSA) is 140 Å². The van der Waals surface area contributed by atoms with Crippen molar-refractivity contribution in [2.45, 2.75) is 4.90 Å². The van der Waals surface area contributed by atoms with Crippen LogP contribution in [0.2, 0.25) is 0 Å². The Hall–Kier alpha value is -4.67. The third-order valence-corrected chi connectivity index (χ3v) is 7.27. The van der Waals surface area contributed by atoms with E-state index in [1.54, 1.807) is 24.4 Å². The maximum absolute atomic E-state index is 12.4. The van der Waals surface area contributed by atoms with Crippen molar-refractivity contribution >= 4 is 15.8 Å². The van der Waals surface area contributed by atoms with Gasteiger partial charge in [-0.15, -0.1) is 0 Å². The SMILES string of the molecule is O=S(=O)(NCCNc1cc(-c2[nH]c(-c3ccccc3)nc2-c2cccc(O)c2)ccn1)c1ccc(O)cc1. The lowest BCUT2D eigenvalue weighted by Gasteiger charge is -2.10. The molecule has 0 spiro atoms. The summed E-state index contributed by atoms with van der Waals surface area (Å²) in [7, 11) is -3.70. The molecule has 0 aliphatic rings. The number of hydrogen-bond acceptors (Lipinski definition) is 7. The molecule has 5 aromatic rings. The van der Waals surface area contributed by atoms with E-state index < -0.39 is 10.0 Å². The third kappa shape index (κ3) is 5.66. The van der Waals surface area contributed by atoms with E-state index in [1.165, 1.54) is 24.3 Å². The minimum absolute atomic E-state index is 0.00282. The van der Waals surface area contributed by atoms with Gasteiger partial charge in [-0.3, -0.25) is 0 Å². The van der Waals surface area contributed by atoms with E-state index in [1.807, 2.05) is 48.5 Å². The molecule has 38 heavy (non-hydrogen) atoms. The quantitative estimate of drug-likeness (QED) is 0.176. The van der Waals surface area contributed by atoms with Crippen LogP contribution in [-0.4, -0.2) is 46.7 Å². The lowest BCUT2D eigenvalue weighted by molar-refractivity contribution is 0.474. The number of nitrogens with one attached hydrogen (secondary N) is 3. The molecule has 0 radical (unpaired) electrons. The van der Waals surface area contributed by atoms with Crippen LogP contribution in [0.3, 0.4) is 0 Å². The van der Waals surface area contributed by atoms with Crippen LogP contribution in [0.5, 0.6) is 11.5 Å². The molecule has 2 heterocycles. The summed E-state index contributed by atoms with van der Waals surface area (Å²) < 4.78 is 27.4. The minimum atomic E-state index is -3.70. The van der Waals surface area contributed by atoms with Gasteiger partial charge in [0.1, 0.15) is 23.1 Å². The maximum Gasteiger partial charge on any atom is 0.240 e. The summed E-state index contributed by atoms with van der Waals surface area (Å²) in [6.07, 6.45) is 1.66. The normalized spacial score (nSPS) is 11.4. The van der Waals surface area contributed by atoms with Crippen molar-refractivity contribution in [2.75, 3.05) is 18.4 Å². The molecule has 0 fully saturated rings. The van der Waals surface area contributed by atoms with Gasteiger partial charge in [0.25, 0.3) is 0 Å². The van der Waals surface area contributed by atoms with Gasteiger partial charge in [-0.2, -0.15) is 0 Å². The maximum atomic E-state index is 12.4. The molecular weight excluding hydrogens is 502 g/mol. The highest BCUT2D eigenvalue weighted by Gasteiger charge is 2.17. The highest BCUT2D eigenvalue weighted by molar-refractivity contribution is 7.89. The van der Waals surface area contributed by atoms with E-state index in [0.29, 0.717) is 23.9 Å². The van der Waals surface area contributed by atoms with Gasteiger partial charge < -0.3 is 20.5 Å². The molecule has 0 atom stereocenters. The summed E-state index contributed by atoms with van der Waals surface area (Å²) in [4.78, 5) is 12.7. The number of rotatable bonds is 9. The van der Waals surface area contributed by atoms with Crippen molar-refractivity contribution < 1.29 is 18.6 Å². The molecule has 0 aliphatic heterocycles. The number of pyridine rings is 1. The molecule has 0 unspecified atom stereocenters. The summed E-state index contributed by atoms with van der Waals surface area (Å²) in [6, 6.07) is 25.7. The fraction of sp³-hybridized carbons (Fsp3) is 0.0714. The number of aromatic nitrogens is 3. The second-order valence-corrected chi connectivity index (χ2v) is 10.2. The summed E-state index contributed by atoms with van der Waals surface area (Å²) in [5.74, 6) is 1.39. The lowest BCUT2D eigenvalue weighted by Crippen LogP contribution is -2.29. The van der Waals surface area contributed by atoms with Crippen LogP contribution >= 0.6 is 0 Å². The van der Waals surface area contributed by atoms with Gasteiger partial charge in [-0.25, -0.2) is 23.1 Å². The first-order valence-corrected chi connectivity index (χ1v) is 13.3. The molecule has 0 amide bonds. The molecule has 0 aliphatic carbocycles. The van der Waals surface area contributed by atoms with Crippen LogP contribution in [0.4, 0.5) is 5.82 Å². The zero-order valence-electron chi connectivity index (χ0n) is 20.2. The zero-order valence-corrected chi connectivity index (χ0v) is 21.0. The van der Waals surface area contributed by atoms with Crippen molar-refractivity contribution in [1.29, 1.82) is 0 Å². The molecule has 192 valence electrons. The fourth-order valence-corrected chi connectivity index (χ4v) is 4.98. The van der Waals surface area contributed by atoms with Crippen LogP contribution in [0.25, 0.3) is 33.9 Å². The van der Waals surface area contributed by atoms with E-state index in [9.17, 15) is 18.6 Å². The summed E-state index contributed by atoms with van der Waals surface area (Å²) >= 11 is 0.